The average molecular weight is 282 g/mol. The van der Waals surface area contributed by atoms with E-state index in [9.17, 15) is 13.2 Å². The van der Waals surface area contributed by atoms with Gasteiger partial charge < -0.3 is 10.5 Å². The van der Waals surface area contributed by atoms with Gasteiger partial charge in [0.15, 0.2) is 11.6 Å². The molecule has 0 aromatic carbocycles. The minimum absolute atomic E-state index is 0.158. The standard InChI is InChI=1S/C7H3BrF3N3O/c8-4-1-3(2-12)5(6(13)14-4)15-7(9,10)11/h1H,(H2,13,14). The summed E-state index contributed by atoms with van der Waals surface area (Å²) in [6.45, 7) is 0. The number of nitriles is 1. The van der Waals surface area contributed by atoms with Crippen LogP contribution in [0.1, 0.15) is 5.56 Å². The van der Waals surface area contributed by atoms with Crippen LogP contribution in [-0.2, 0) is 0 Å². The highest BCUT2D eigenvalue weighted by Crippen LogP contribution is 2.31. The fraction of sp³-hybridized carbons (Fsp3) is 0.143. The van der Waals surface area contributed by atoms with Crippen LogP contribution in [0.5, 0.6) is 5.75 Å². The molecule has 0 aliphatic heterocycles. The predicted molar refractivity (Wildman–Crippen MR) is 47.7 cm³/mol. The normalized spacial score (nSPS) is 10.9. The molecule has 0 fully saturated rings. The van der Waals surface area contributed by atoms with Gasteiger partial charge in [-0.15, -0.1) is 13.2 Å². The Morgan fingerprint density at radius 2 is 2.13 bits per heavy atom. The molecule has 0 saturated carbocycles. The van der Waals surface area contributed by atoms with Gasteiger partial charge in [0, 0.05) is 0 Å². The van der Waals surface area contributed by atoms with Crippen LogP contribution in [0.25, 0.3) is 0 Å². The molecule has 0 aliphatic carbocycles. The molecule has 1 aromatic heterocycles. The Morgan fingerprint density at radius 1 is 1.53 bits per heavy atom. The Bertz CT molecular complexity index is 427. The van der Waals surface area contributed by atoms with Crippen molar-refractivity contribution < 1.29 is 17.9 Å². The molecule has 2 N–H and O–H groups in total. The maximum atomic E-state index is 11.9. The lowest BCUT2D eigenvalue weighted by Crippen LogP contribution is -2.19. The Morgan fingerprint density at radius 3 is 2.60 bits per heavy atom. The smallest absolute Gasteiger partial charge is 0.400 e. The van der Waals surface area contributed by atoms with Gasteiger partial charge >= 0.3 is 6.36 Å². The molecule has 1 heterocycles. The molecule has 0 saturated heterocycles. The van der Waals surface area contributed by atoms with E-state index >= 15 is 0 Å². The molecule has 0 aliphatic rings. The number of nitrogens with zero attached hydrogens (tertiary/aromatic N) is 2. The first kappa shape index (κ1) is 11.6. The fourth-order valence-corrected chi connectivity index (χ4v) is 1.25. The first-order valence-electron chi connectivity index (χ1n) is 3.45. The summed E-state index contributed by atoms with van der Waals surface area (Å²) in [6, 6.07) is 2.61. The second kappa shape index (κ2) is 3.94. The zero-order chi connectivity index (χ0) is 11.6. The van der Waals surface area contributed by atoms with E-state index in [-0.39, 0.29) is 10.2 Å². The van der Waals surface area contributed by atoms with Crippen LogP contribution < -0.4 is 10.5 Å². The third-order valence-corrected chi connectivity index (χ3v) is 1.71. The molecule has 0 unspecified atom stereocenters. The Balaban J connectivity index is 3.23. The van der Waals surface area contributed by atoms with E-state index < -0.39 is 17.9 Å². The van der Waals surface area contributed by atoms with Gasteiger partial charge in [-0.1, -0.05) is 0 Å². The summed E-state index contributed by atoms with van der Waals surface area (Å²) in [5.41, 5.74) is 4.85. The molecule has 0 atom stereocenters. The summed E-state index contributed by atoms with van der Waals surface area (Å²) in [5, 5.41) is 8.56. The van der Waals surface area contributed by atoms with Crippen molar-refractivity contribution in [3.63, 3.8) is 0 Å². The molecule has 1 rings (SSSR count). The third-order valence-electron chi connectivity index (χ3n) is 1.31. The molecule has 1 aromatic rings. The van der Waals surface area contributed by atoms with E-state index in [1.807, 2.05) is 0 Å². The number of pyridine rings is 1. The summed E-state index contributed by atoms with van der Waals surface area (Å²) < 4.78 is 39.5. The van der Waals surface area contributed by atoms with Crippen LogP contribution in [-0.4, -0.2) is 11.3 Å². The number of hydrogen-bond donors (Lipinski definition) is 1. The fourth-order valence-electron chi connectivity index (χ4n) is 0.827. The predicted octanol–water partition coefficient (Wildman–Crippen LogP) is 2.20. The lowest BCUT2D eigenvalue weighted by atomic mass is 10.2. The minimum atomic E-state index is -4.91. The van der Waals surface area contributed by atoms with Gasteiger partial charge in [0.25, 0.3) is 0 Å². The first-order chi connectivity index (χ1) is 6.83. The zero-order valence-corrected chi connectivity index (χ0v) is 8.56. The largest absolute Gasteiger partial charge is 0.573 e. The number of halogens is 4. The minimum Gasteiger partial charge on any atom is -0.400 e. The molecule has 8 heteroatoms. The molecule has 0 radical (unpaired) electrons. The van der Waals surface area contributed by atoms with Crippen molar-refractivity contribution in [2.75, 3.05) is 5.73 Å². The number of aromatic nitrogens is 1. The lowest BCUT2D eigenvalue weighted by molar-refractivity contribution is -0.274. The lowest BCUT2D eigenvalue weighted by Gasteiger charge is -2.11. The number of hydrogen-bond acceptors (Lipinski definition) is 4. The highest BCUT2D eigenvalue weighted by atomic mass is 79.9. The van der Waals surface area contributed by atoms with Crippen LogP contribution in [0.4, 0.5) is 19.0 Å². The van der Waals surface area contributed by atoms with Gasteiger partial charge in [0.2, 0.25) is 0 Å². The van der Waals surface area contributed by atoms with Crippen molar-refractivity contribution in [2.45, 2.75) is 6.36 Å². The van der Waals surface area contributed by atoms with Crippen molar-refractivity contribution in [3.8, 4) is 11.8 Å². The van der Waals surface area contributed by atoms with Crippen LogP contribution in [0.15, 0.2) is 10.7 Å². The second-order valence-corrected chi connectivity index (χ2v) is 3.18. The van der Waals surface area contributed by atoms with Crippen molar-refractivity contribution >= 4 is 21.7 Å². The second-order valence-electron chi connectivity index (χ2n) is 2.37. The SMILES string of the molecule is N#Cc1cc(Br)nc(N)c1OC(F)(F)F. The summed E-state index contributed by atoms with van der Waals surface area (Å²) >= 11 is 2.89. The number of nitrogen functional groups attached to an aromatic ring is 1. The van der Waals surface area contributed by atoms with Crippen molar-refractivity contribution in [1.29, 1.82) is 5.26 Å². The van der Waals surface area contributed by atoms with Crippen molar-refractivity contribution in [1.82, 2.24) is 4.98 Å². The molecule has 80 valence electrons. The van der Waals surface area contributed by atoms with Crippen LogP contribution >= 0.6 is 15.9 Å². The van der Waals surface area contributed by atoms with Crippen LogP contribution in [0.3, 0.4) is 0 Å². The van der Waals surface area contributed by atoms with E-state index in [2.05, 4.69) is 25.7 Å². The van der Waals surface area contributed by atoms with E-state index in [0.717, 1.165) is 6.07 Å². The number of rotatable bonds is 1. The highest BCUT2D eigenvalue weighted by Gasteiger charge is 2.33. The molecule has 0 bridgehead atoms. The van der Waals surface area contributed by atoms with E-state index in [4.69, 9.17) is 11.0 Å². The first-order valence-corrected chi connectivity index (χ1v) is 4.24. The van der Waals surface area contributed by atoms with Crippen LogP contribution in [0, 0.1) is 11.3 Å². The number of ether oxygens (including phenoxy) is 1. The topological polar surface area (TPSA) is 71.9 Å². The molecule has 0 spiro atoms. The Labute approximate surface area is 90.6 Å². The molecular formula is C7H3BrF3N3O. The van der Waals surface area contributed by atoms with Gasteiger partial charge in [-0.2, -0.15) is 5.26 Å². The van der Waals surface area contributed by atoms with Crippen LogP contribution in [0.2, 0.25) is 0 Å². The Kier molecular flexibility index (Phi) is 3.04. The van der Waals surface area contributed by atoms with Gasteiger partial charge in [-0.3, -0.25) is 0 Å². The van der Waals surface area contributed by atoms with Gasteiger partial charge in [0.05, 0.1) is 0 Å². The summed E-state index contributed by atoms with van der Waals surface area (Å²) in [7, 11) is 0. The highest BCUT2D eigenvalue weighted by molar-refractivity contribution is 9.10. The van der Waals surface area contributed by atoms with Gasteiger partial charge in [0.1, 0.15) is 16.2 Å². The number of alkyl halides is 3. The summed E-state index contributed by atoms with van der Waals surface area (Å²) in [6.07, 6.45) is -4.91. The summed E-state index contributed by atoms with van der Waals surface area (Å²) in [5.74, 6) is -1.29. The van der Waals surface area contributed by atoms with E-state index in [1.54, 1.807) is 0 Å². The molecule has 4 nitrogen and oxygen atoms in total. The zero-order valence-electron chi connectivity index (χ0n) is 6.97. The van der Waals surface area contributed by atoms with Gasteiger partial charge in [-0.25, -0.2) is 4.98 Å². The van der Waals surface area contributed by atoms with E-state index in [1.165, 1.54) is 6.07 Å². The van der Waals surface area contributed by atoms with E-state index in [0.29, 0.717) is 0 Å². The maximum absolute atomic E-state index is 11.9. The molecule has 15 heavy (non-hydrogen) atoms. The maximum Gasteiger partial charge on any atom is 0.573 e. The number of nitrogens with two attached hydrogens (primary N) is 1. The molecule has 0 amide bonds. The quantitative estimate of drug-likeness (QED) is 0.801. The Hall–Kier alpha value is -1.49. The van der Waals surface area contributed by atoms with Crippen molar-refractivity contribution in [2.24, 2.45) is 0 Å². The average Bonchev–Trinajstić information content (AvgIpc) is 2.07. The third kappa shape index (κ3) is 2.99. The van der Waals surface area contributed by atoms with Crippen molar-refractivity contribution in [3.05, 3.63) is 16.2 Å². The summed E-state index contributed by atoms with van der Waals surface area (Å²) in [4.78, 5) is 3.48. The van der Waals surface area contributed by atoms with Gasteiger partial charge in [-0.05, 0) is 22.0 Å². The molecular weight excluding hydrogens is 279 g/mol. The number of anilines is 1. The monoisotopic (exact) mass is 281 g/mol.